The first-order valence-corrected chi connectivity index (χ1v) is 10.1. The lowest BCUT2D eigenvalue weighted by molar-refractivity contribution is 0.277. The summed E-state index contributed by atoms with van der Waals surface area (Å²) in [6.07, 6.45) is 4.04. The third-order valence-electron chi connectivity index (χ3n) is 5.68. The molecule has 1 aliphatic carbocycles. The smallest absolute Gasteiger partial charge is 0.269 e. The molecule has 0 radical (unpaired) electrons. The third-order valence-corrected chi connectivity index (χ3v) is 5.68. The number of hydrogen-bond acceptors (Lipinski definition) is 7. The summed E-state index contributed by atoms with van der Waals surface area (Å²) in [5.41, 5.74) is 3.52. The fourth-order valence-corrected chi connectivity index (χ4v) is 3.73. The largest absolute Gasteiger partial charge is 0.495 e. The van der Waals surface area contributed by atoms with Gasteiger partial charge in [-0.15, -0.1) is 5.10 Å². The van der Waals surface area contributed by atoms with Crippen LogP contribution < -0.4 is 15.0 Å². The fourth-order valence-electron chi connectivity index (χ4n) is 3.73. The minimum Gasteiger partial charge on any atom is -0.495 e. The standard InChI is InChI=1S/C22H26N4O4/c1-13-18(14(2)30-25-13)7-5-15-10-21(24-26(3)22(15)27)29-12-16-9-19(16)20-8-6-17(28-4)11-23-20/h6,8,10-11,16,19H,5,7,9,12H2,1-4H3/t16-,19+/m1/s1. The van der Waals surface area contributed by atoms with Crippen LogP contribution in [0.5, 0.6) is 11.6 Å². The van der Waals surface area contributed by atoms with Crippen LogP contribution in [0.4, 0.5) is 0 Å². The molecule has 0 bridgehead atoms. The normalized spacial score (nSPS) is 17.7. The summed E-state index contributed by atoms with van der Waals surface area (Å²) >= 11 is 0. The van der Waals surface area contributed by atoms with Crippen molar-refractivity contribution in [3.8, 4) is 11.6 Å². The number of aromatic nitrogens is 4. The van der Waals surface area contributed by atoms with E-state index in [4.69, 9.17) is 14.0 Å². The van der Waals surface area contributed by atoms with Crippen LogP contribution in [-0.4, -0.2) is 33.6 Å². The van der Waals surface area contributed by atoms with Gasteiger partial charge in [-0.2, -0.15) is 0 Å². The van der Waals surface area contributed by atoms with E-state index >= 15 is 0 Å². The van der Waals surface area contributed by atoms with E-state index in [1.54, 1.807) is 26.4 Å². The second kappa shape index (κ2) is 8.30. The highest BCUT2D eigenvalue weighted by molar-refractivity contribution is 5.26. The van der Waals surface area contributed by atoms with Gasteiger partial charge >= 0.3 is 0 Å². The van der Waals surface area contributed by atoms with E-state index in [2.05, 4.69) is 15.2 Å². The summed E-state index contributed by atoms with van der Waals surface area (Å²) in [7, 11) is 3.28. The van der Waals surface area contributed by atoms with E-state index in [-0.39, 0.29) is 5.56 Å². The van der Waals surface area contributed by atoms with E-state index in [0.29, 0.717) is 42.7 Å². The highest BCUT2D eigenvalue weighted by Gasteiger charge is 2.40. The summed E-state index contributed by atoms with van der Waals surface area (Å²) in [6, 6.07) is 5.68. The molecule has 0 spiro atoms. The van der Waals surface area contributed by atoms with Crippen LogP contribution in [0.25, 0.3) is 0 Å². The van der Waals surface area contributed by atoms with Gasteiger partial charge in [0.2, 0.25) is 5.88 Å². The lowest BCUT2D eigenvalue weighted by Crippen LogP contribution is -2.24. The molecular formula is C22H26N4O4. The molecule has 8 heteroatoms. The summed E-state index contributed by atoms with van der Waals surface area (Å²) in [6.45, 7) is 4.35. The van der Waals surface area contributed by atoms with Gasteiger partial charge in [-0.25, -0.2) is 4.68 Å². The number of hydrogen-bond donors (Lipinski definition) is 0. The molecule has 158 valence electrons. The Hall–Kier alpha value is -3.16. The Morgan fingerprint density at radius 1 is 1.27 bits per heavy atom. The van der Waals surface area contributed by atoms with Crippen molar-refractivity contribution in [2.75, 3.05) is 13.7 Å². The number of nitrogens with zero attached hydrogens (tertiary/aromatic N) is 4. The zero-order chi connectivity index (χ0) is 21.3. The van der Waals surface area contributed by atoms with Crippen molar-refractivity contribution in [1.82, 2.24) is 19.9 Å². The van der Waals surface area contributed by atoms with Gasteiger partial charge in [0.1, 0.15) is 11.5 Å². The van der Waals surface area contributed by atoms with Gasteiger partial charge in [0, 0.05) is 41.8 Å². The highest BCUT2D eigenvalue weighted by atomic mass is 16.5. The number of rotatable bonds is 8. The average Bonchev–Trinajstić information content (AvgIpc) is 3.46. The zero-order valence-corrected chi connectivity index (χ0v) is 17.7. The molecule has 0 aromatic carbocycles. The number of aryl methyl sites for hydroxylation is 4. The molecule has 0 aliphatic heterocycles. The van der Waals surface area contributed by atoms with Crippen LogP contribution in [-0.2, 0) is 19.9 Å². The summed E-state index contributed by atoms with van der Waals surface area (Å²) < 4.78 is 17.6. The SMILES string of the molecule is COc1ccc([C@H]2C[C@@H]2COc2cc(CCc3c(C)noc3C)c(=O)n(C)n2)nc1. The van der Waals surface area contributed by atoms with Crippen molar-refractivity contribution in [2.45, 2.75) is 39.0 Å². The Morgan fingerprint density at radius 2 is 2.10 bits per heavy atom. The molecule has 0 N–H and O–H groups in total. The Balaban J connectivity index is 1.38. The molecule has 0 amide bonds. The van der Waals surface area contributed by atoms with Gasteiger partial charge in [-0.05, 0) is 45.2 Å². The molecular weight excluding hydrogens is 384 g/mol. The van der Waals surface area contributed by atoms with Crippen LogP contribution >= 0.6 is 0 Å². The maximum absolute atomic E-state index is 12.5. The van der Waals surface area contributed by atoms with E-state index < -0.39 is 0 Å². The van der Waals surface area contributed by atoms with Gasteiger partial charge in [0.15, 0.2) is 0 Å². The van der Waals surface area contributed by atoms with Gasteiger partial charge in [-0.3, -0.25) is 9.78 Å². The van der Waals surface area contributed by atoms with Gasteiger partial charge < -0.3 is 14.0 Å². The van der Waals surface area contributed by atoms with Crippen molar-refractivity contribution >= 4 is 0 Å². The molecule has 3 aromatic rings. The van der Waals surface area contributed by atoms with Gasteiger partial charge in [-0.1, -0.05) is 5.16 Å². The molecule has 3 heterocycles. The zero-order valence-electron chi connectivity index (χ0n) is 17.7. The Morgan fingerprint density at radius 3 is 2.77 bits per heavy atom. The molecule has 0 saturated heterocycles. The van der Waals surface area contributed by atoms with E-state index in [1.807, 2.05) is 26.0 Å². The minimum absolute atomic E-state index is 0.110. The molecule has 0 unspecified atom stereocenters. The Kier molecular flexibility index (Phi) is 5.57. The predicted octanol–water partition coefficient (Wildman–Crippen LogP) is 2.76. The average molecular weight is 410 g/mol. The van der Waals surface area contributed by atoms with Crippen LogP contribution in [0.2, 0.25) is 0 Å². The number of methoxy groups -OCH3 is 1. The molecule has 1 aliphatic rings. The first kappa shape index (κ1) is 20.1. The van der Waals surface area contributed by atoms with E-state index in [0.717, 1.165) is 34.9 Å². The summed E-state index contributed by atoms with van der Waals surface area (Å²) in [5, 5.41) is 8.23. The monoisotopic (exact) mass is 410 g/mol. The maximum Gasteiger partial charge on any atom is 0.269 e. The second-order valence-corrected chi connectivity index (χ2v) is 7.78. The molecule has 2 atom stereocenters. The predicted molar refractivity (Wildman–Crippen MR) is 110 cm³/mol. The molecule has 4 rings (SSSR count). The van der Waals surface area contributed by atoms with Gasteiger partial charge in [0.05, 0.1) is 25.6 Å². The van der Waals surface area contributed by atoms with Crippen LogP contribution in [0.1, 0.15) is 40.6 Å². The Bertz CT molecular complexity index is 1070. The minimum atomic E-state index is -0.110. The van der Waals surface area contributed by atoms with Crippen LogP contribution in [0.3, 0.4) is 0 Å². The summed E-state index contributed by atoms with van der Waals surface area (Å²) in [4.78, 5) is 16.9. The second-order valence-electron chi connectivity index (χ2n) is 7.78. The molecule has 1 fully saturated rings. The Labute approximate surface area is 174 Å². The third kappa shape index (κ3) is 4.22. The van der Waals surface area contributed by atoms with Crippen LogP contribution in [0.15, 0.2) is 33.7 Å². The first-order valence-electron chi connectivity index (χ1n) is 10.1. The maximum atomic E-state index is 12.5. The molecule has 1 saturated carbocycles. The van der Waals surface area contributed by atoms with Crippen LogP contribution in [0, 0.1) is 19.8 Å². The quantitative estimate of drug-likeness (QED) is 0.564. The van der Waals surface area contributed by atoms with E-state index in [1.165, 1.54) is 4.68 Å². The molecule has 8 nitrogen and oxygen atoms in total. The van der Waals surface area contributed by atoms with Crippen molar-refractivity contribution in [1.29, 1.82) is 0 Å². The summed E-state index contributed by atoms with van der Waals surface area (Å²) in [5.74, 6) is 2.81. The van der Waals surface area contributed by atoms with Crippen molar-refractivity contribution in [2.24, 2.45) is 13.0 Å². The molecule has 30 heavy (non-hydrogen) atoms. The lowest BCUT2D eigenvalue weighted by Gasteiger charge is -2.09. The van der Waals surface area contributed by atoms with Gasteiger partial charge in [0.25, 0.3) is 5.56 Å². The number of ether oxygens (including phenoxy) is 2. The first-order chi connectivity index (χ1) is 14.5. The van der Waals surface area contributed by atoms with Crippen molar-refractivity contribution < 1.29 is 14.0 Å². The topological polar surface area (TPSA) is 92.3 Å². The molecule has 3 aromatic heterocycles. The highest BCUT2D eigenvalue weighted by Crippen LogP contribution is 2.46. The number of pyridine rings is 1. The lowest BCUT2D eigenvalue weighted by atomic mass is 10.0. The van der Waals surface area contributed by atoms with Crippen molar-refractivity contribution in [3.63, 3.8) is 0 Å². The fraction of sp³-hybridized carbons (Fsp3) is 0.455. The van der Waals surface area contributed by atoms with Crippen molar-refractivity contribution in [3.05, 3.63) is 63.0 Å². The van der Waals surface area contributed by atoms with E-state index in [9.17, 15) is 4.79 Å².